The van der Waals surface area contributed by atoms with Gasteiger partial charge < -0.3 is 14.6 Å². The van der Waals surface area contributed by atoms with Gasteiger partial charge in [-0.15, -0.1) is 0 Å². The first-order chi connectivity index (χ1) is 14.0. The summed E-state index contributed by atoms with van der Waals surface area (Å²) in [7, 11) is 3.07. The molecule has 29 heavy (non-hydrogen) atoms. The van der Waals surface area contributed by atoms with Crippen LogP contribution >= 0.6 is 11.6 Å². The van der Waals surface area contributed by atoms with Crippen LogP contribution in [0.5, 0.6) is 11.5 Å². The maximum Gasteiger partial charge on any atom is 0.417 e. The van der Waals surface area contributed by atoms with Crippen LogP contribution in [-0.2, 0) is 0 Å². The number of hydrogen-bond acceptors (Lipinski definition) is 5. The summed E-state index contributed by atoms with van der Waals surface area (Å²) in [6, 6.07) is 8.66. The van der Waals surface area contributed by atoms with Gasteiger partial charge in [-0.05, 0) is 18.6 Å². The largest absolute Gasteiger partial charge is 0.493 e. The minimum Gasteiger partial charge on any atom is -0.493 e. The number of carboxylic acid groups (broad SMARTS) is 1. The van der Waals surface area contributed by atoms with E-state index in [9.17, 15) is 9.90 Å². The molecular formula is C20H17ClN4O4. The van der Waals surface area contributed by atoms with Crippen molar-refractivity contribution in [1.82, 2.24) is 14.4 Å². The minimum absolute atomic E-state index is 0.186. The first-order valence-corrected chi connectivity index (χ1v) is 9.00. The SMILES string of the molecule is COc1cc2nc(N(C(=O)O)c3c(C)cccc3Cl)c3cncn3c2cc1OC. The molecule has 0 bridgehead atoms. The van der Waals surface area contributed by atoms with Crippen molar-refractivity contribution in [2.45, 2.75) is 6.92 Å². The van der Waals surface area contributed by atoms with Crippen LogP contribution in [0.2, 0.25) is 5.02 Å². The third kappa shape index (κ3) is 2.98. The molecule has 4 rings (SSSR count). The Morgan fingerprint density at radius 2 is 1.90 bits per heavy atom. The van der Waals surface area contributed by atoms with E-state index in [1.54, 1.807) is 61.3 Å². The third-order valence-electron chi connectivity index (χ3n) is 4.65. The number of amides is 1. The van der Waals surface area contributed by atoms with Crippen LogP contribution < -0.4 is 14.4 Å². The Bertz CT molecular complexity index is 1230. The van der Waals surface area contributed by atoms with Crippen LogP contribution in [-0.4, -0.2) is 39.8 Å². The van der Waals surface area contributed by atoms with Crippen molar-refractivity contribution in [3.63, 3.8) is 0 Å². The Morgan fingerprint density at radius 1 is 1.17 bits per heavy atom. The molecule has 0 saturated heterocycles. The fourth-order valence-electron chi connectivity index (χ4n) is 3.33. The fraction of sp³-hybridized carbons (Fsp3) is 0.150. The lowest BCUT2D eigenvalue weighted by Crippen LogP contribution is -2.26. The smallest absolute Gasteiger partial charge is 0.417 e. The number of carbonyl (C=O) groups is 1. The number of imidazole rings is 1. The highest BCUT2D eigenvalue weighted by Crippen LogP contribution is 2.38. The molecule has 1 amide bonds. The molecule has 9 heteroatoms. The summed E-state index contributed by atoms with van der Waals surface area (Å²) in [5.41, 5.74) is 2.76. The molecule has 0 fully saturated rings. The van der Waals surface area contributed by atoms with Gasteiger partial charge in [-0.1, -0.05) is 23.7 Å². The van der Waals surface area contributed by atoms with Crippen LogP contribution in [0.1, 0.15) is 5.56 Å². The van der Waals surface area contributed by atoms with Crippen LogP contribution in [0, 0.1) is 6.92 Å². The van der Waals surface area contributed by atoms with E-state index >= 15 is 0 Å². The maximum atomic E-state index is 12.3. The van der Waals surface area contributed by atoms with Gasteiger partial charge in [0, 0.05) is 12.1 Å². The van der Waals surface area contributed by atoms with Crippen LogP contribution in [0.3, 0.4) is 0 Å². The third-order valence-corrected chi connectivity index (χ3v) is 4.95. The average Bonchev–Trinajstić information content (AvgIpc) is 3.19. The summed E-state index contributed by atoms with van der Waals surface area (Å²) in [6.07, 6.45) is 1.94. The average molecular weight is 413 g/mol. The molecule has 0 aliphatic heterocycles. The summed E-state index contributed by atoms with van der Waals surface area (Å²) in [4.78, 5) is 22.2. The number of benzene rings is 2. The molecule has 1 N–H and O–H groups in total. The van der Waals surface area contributed by atoms with E-state index in [0.717, 1.165) is 4.90 Å². The van der Waals surface area contributed by atoms with Gasteiger partial charge in [0.25, 0.3) is 0 Å². The second-order valence-electron chi connectivity index (χ2n) is 6.30. The van der Waals surface area contributed by atoms with Crippen molar-refractivity contribution in [2.24, 2.45) is 0 Å². The van der Waals surface area contributed by atoms with Gasteiger partial charge in [0.05, 0.1) is 48.5 Å². The van der Waals surface area contributed by atoms with E-state index in [0.29, 0.717) is 44.3 Å². The highest BCUT2D eigenvalue weighted by Gasteiger charge is 2.26. The topological polar surface area (TPSA) is 89.2 Å². The molecule has 0 radical (unpaired) electrons. The van der Waals surface area contributed by atoms with E-state index in [1.165, 1.54) is 7.11 Å². The quantitative estimate of drug-likeness (QED) is 0.523. The normalized spacial score (nSPS) is 11.0. The minimum atomic E-state index is -1.21. The molecule has 0 saturated carbocycles. The molecule has 2 heterocycles. The van der Waals surface area contributed by atoms with E-state index in [2.05, 4.69) is 9.97 Å². The van der Waals surface area contributed by atoms with Crippen molar-refractivity contribution in [1.29, 1.82) is 0 Å². The number of methoxy groups -OCH3 is 2. The summed E-state index contributed by atoms with van der Waals surface area (Å²) < 4.78 is 12.5. The van der Waals surface area contributed by atoms with Gasteiger partial charge in [-0.25, -0.2) is 19.7 Å². The van der Waals surface area contributed by atoms with Crippen molar-refractivity contribution < 1.29 is 19.4 Å². The number of nitrogens with zero attached hydrogens (tertiary/aromatic N) is 4. The lowest BCUT2D eigenvalue weighted by molar-refractivity contribution is 0.204. The van der Waals surface area contributed by atoms with Crippen LogP contribution in [0.15, 0.2) is 42.9 Å². The van der Waals surface area contributed by atoms with Crippen LogP contribution in [0.25, 0.3) is 16.6 Å². The summed E-state index contributed by atoms with van der Waals surface area (Å²) in [5, 5.41) is 10.3. The second-order valence-corrected chi connectivity index (χ2v) is 6.71. The Morgan fingerprint density at radius 3 is 2.55 bits per heavy atom. The second kappa shape index (κ2) is 7.14. The standard InChI is InChI=1S/C20H17ClN4O4/c1-11-5-4-6-12(21)18(11)25(20(26)27)19-15-9-22-10-24(15)14-8-17(29-3)16(28-2)7-13(14)23-19/h4-10H,1-3H3,(H,26,27). The number of halogens is 1. The van der Waals surface area contributed by atoms with Gasteiger partial charge in [-0.3, -0.25) is 4.40 Å². The Hall–Kier alpha value is -3.52. The van der Waals surface area contributed by atoms with Gasteiger partial charge in [-0.2, -0.15) is 0 Å². The number of rotatable bonds is 4. The maximum absolute atomic E-state index is 12.3. The number of fused-ring (bicyclic) bond motifs is 3. The Balaban J connectivity index is 2.08. The van der Waals surface area contributed by atoms with E-state index in [4.69, 9.17) is 21.1 Å². The van der Waals surface area contributed by atoms with Gasteiger partial charge >= 0.3 is 6.09 Å². The van der Waals surface area contributed by atoms with Crippen molar-refractivity contribution in [3.8, 4) is 11.5 Å². The number of para-hydroxylation sites is 1. The molecule has 8 nitrogen and oxygen atoms in total. The lowest BCUT2D eigenvalue weighted by Gasteiger charge is -2.23. The zero-order chi connectivity index (χ0) is 20.7. The van der Waals surface area contributed by atoms with E-state index < -0.39 is 6.09 Å². The molecule has 2 aromatic carbocycles. The molecule has 0 atom stereocenters. The molecule has 0 aliphatic carbocycles. The highest BCUT2D eigenvalue weighted by molar-refractivity contribution is 6.34. The van der Waals surface area contributed by atoms with E-state index in [1.807, 2.05) is 0 Å². The number of aromatic nitrogens is 3. The van der Waals surface area contributed by atoms with Crippen LogP contribution in [0.4, 0.5) is 16.3 Å². The molecule has 4 aromatic rings. The predicted octanol–water partition coefficient (Wildman–Crippen LogP) is 4.68. The molecule has 2 aromatic heterocycles. The molecule has 0 spiro atoms. The molecular weight excluding hydrogens is 396 g/mol. The number of hydrogen-bond donors (Lipinski definition) is 1. The Labute approximate surface area is 170 Å². The summed E-state index contributed by atoms with van der Waals surface area (Å²) in [5.74, 6) is 1.20. The zero-order valence-electron chi connectivity index (χ0n) is 15.9. The molecule has 0 unspecified atom stereocenters. The number of anilines is 2. The van der Waals surface area contributed by atoms with Gasteiger partial charge in [0.15, 0.2) is 17.3 Å². The first-order valence-electron chi connectivity index (χ1n) is 8.62. The lowest BCUT2D eigenvalue weighted by atomic mass is 10.1. The monoisotopic (exact) mass is 412 g/mol. The fourth-order valence-corrected chi connectivity index (χ4v) is 3.63. The molecule has 148 valence electrons. The summed E-state index contributed by atoms with van der Waals surface area (Å²) in [6.45, 7) is 1.79. The first kappa shape index (κ1) is 18.8. The predicted molar refractivity (Wildman–Crippen MR) is 110 cm³/mol. The number of aryl methyl sites for hydroxylation is 1. The molecule has 0 aliphatic rings. The highest BCUT2D eigenvalue weighted by atomic mass is 35.5. The van der Waals surface area contributed by atoms with E-state index in [-0.39, 0.29) is 5.82 Å². The van der Waals surface area contributed by atoms with Gasteiger partial charge in [0.2, 0.25) is 0 Å². The number of ether oxygens (including phenoxy) is 2. The summed E-state index contributed by atoms with van der Waals surface area (Å²) >= 11 is 6.36. The van der Waals surface area contributed by atoms with Gasteiger partial charge in [0.1, 0.15) is 5.52 Å². The van der Waals surface area contributed by atoms with Crippen molar-refractivity contribution >= 4 is 45.7 Å². The Kier molecular flexibility index (Phi) is 4.63. The van der Waals surface area contributed by atoms with Crippen molar-refractivity contribution in [2.75, 3.05) is 19.1 Å². The van der Waals surface area contributed by atoms with Crippen molar-refractivity contribution in [3.05, 3.63) is 53.4 Å². The zero-order valence-corrected chi connectivity index (χ0v) is 16.6.